The second-order valence-electron chi connectivity index (χ2n) is 6.98. The molecular formula is C18H21ClN4O5. The number of nitrogens with zero attached hydrogens (tertiary/aromatic N) is 3. The highest BCUT2D eigenvalue weighted by Gasteiger charge is 2.39. The number of ether oxygens (including phenoxy) is 2. The van der Waals surface area contributed by atoms with Crippen LogP contribution in [-0.4, -0.2) is 71.0 Å². The molecule has 150 valence electrons. The summed E-state index contributed by atoms with van der Waals surface area (Å²) in [4.78, 5) is 26.4. The van der Waals surface area contributed by atoms with Crippen LogP contribution in [0.3, 0.4) is 0 Å². The summed E-state index contributed by atoms with van der Waals surface area (Å²) < 4.78 is 18.3. The van der Waals surface area contributed by atoms with Gasteiger partial charge in [0.2, 0.25) is 5.91 Å². The van der Waals surface area contributed by atoms with E-state index in [1.54, 1.807) is 24.1 Å². The maximum Gasteiger partial charge on any atom is 0.254 e. The first-order valence-corrected chi connectivity index (χ1v) is 9.41. The SMILES string of the molecule is Cc1nn(CC(=O)N2C[C@@H]3OCC(NC(=O)c4ccoc4)CO[C@H]3C2)cc1Cl. The van der Waals surface area contributed by atoms with Gasteiger partial charge in [-0.15, -0.1) is 0 Å². The third-order valence-electron chi connectivity index (χ3n) is 4.89. The van der Waals surface area contributed by atoms with E-state index in [1.165, 1.54) is 17.2 Å². The van der Waals surface area contributed by atoms with Crippen LogP contribution in [0.5, 0.6) is 0 Å². The Hall–Kier alpha value is -2.36. The monoisotopic (exact) mass is 408 g/mol. The molecule has 0 bridgehead atoms. The fourth-order valence-corrected chi connectivity index (χ4v) is 3.50. The molecule has 4 rings (SSSR count). The van der Waals surface area contributed by atoms with Crippen molar-refractivity contribution in [2.24, 2.45) is 0 Å². The van der Waals surface area contributed by atoms with E-state index in [1.807, 2.05) is 0 Å². The number of carbonyl (C=O) groups is 2. The quantitative estimate of drug-likeness (QED) is 0.805. The van der Waals surface area contributed by atoms with Gasteiger partial charge in [0.1, 0.15) is 25.0 Å². The highest BCUT2D eigenvalue weighted by molar-refractivity contribution is 6.31. The van der Waals surface area contributed by atoms with Crippen molar-refractivity contribution in [3.05, 3.63) is 41.1 Å². The fraction of sp³-hybridized carbons (Fsp3) is 0.500. The first kappa shape index (κ1) is 19.0. The van der Waals surface area contributed by atoms with E-state index in [0.717, 1.165) is 0 Å². The Kier molecular flexibility index (Phi) is 5.38. The number of likely N-dealkylation sites (tertiary alicyclic amines) is 1. The Labute approximate surface area is 166 Å². The summed E-state index contributed by atoms with van der Waals surface area (Å²) in [6.07, 6.45) is 4.04. The molecule has 2 fully saturated rings. The van der Waals surface area contributed by atoms with Crippen molar-refractivity contribution in [1.82, 2.24) is 20.0 Å². The molecule has 2 aromatic rings. The summed E-state index contributed by atoms with van der Waals surface area (Å²) >= 11 is 5.99. The molecule has 0 saturated carbocycles. The van der Waals surface area contributed by atoms with E-state index in [0.29, 0.717) is 42.6 Å². The minimum absolute atomic E-state index is 0.0655. The van der Waals surface area contributed by atoms with Crippen LogP contribution < -0.4 is 5.32 Å². The molecule has 1 N–H and O–H groups in total. The molecule has 10 heteroatoms. The Morgan fingerprint density at radius 1 is 1.29 bits per heavy atom. The summed E-state index contributed by atoms with van der Waals surface area (Å²) in [6.45, 7) is 3.44. The highest BCUT2D eigenvalue weighted by Crippen LogP contribution is 2.21. The number of halogens is 1. The Morgan fingerprint density at radius 2 is 2.00 bits per heavy atom. The lowest BCUT2D eigenvalue weighted by Crippen LogP contribution is -2.41. The van der Waals surface area contributed by atoms with E-state index in [9.17, 15) is 9.59 Å². The summed E-state index contributed by atoms with van der Waals surface area (Å²) in [5, 5.41) is 7.62. The van der Waals surface area contributed by atoms with E-state index >= 15 is 0 Å². The average Bonchev–Trinajstić information content (AvgIpc) is 3.37. The summed E-state index contributed by atoms with van der Waals surface area (Å²) in [7, 11) is 0. The first-order chi connectivity index (χ1) is 13.5. The molecule has 2 aliphatic heterocycles. The number of carbonyl (C=O) groups excluding carboxylic acids is 2. The van der Waals surface area contributed by atoms with Crippen LogP contribution in [0.4, 0.5) is 0 Å². The van der Waals surface area contributed by atoms with Crippen molar-refractivity contribution in [3.8, 4) is 0 Å². The summed E-state index contributed by atoms with van der Waals surface area (Å²) in [6, 6.07) is 1.34. The maximum atomic E-state index is 12.6. The highest BCUT2D eigenvalue weighted by atomic mass is 35.5. The van der Waals surface area contributed by atoms with E-state index in [-0.39, 0.29) is 36.6 Å². The number of amides is 2. The summed E-state index contributed by atoms with van der Waals surface area (Å²) in [5.74, 6) is -0.299. The van der Waals surface area contributed by atoms with Gasteiger partial charge in [-0.3, -0.25) is 14.3 Å². The normalized spacial score (nSPS) is 22.7. The lowest BCUT2D eigenvalue weighted by atomic mass is 10.2. The van der Waals surface area contributed by atoms with Gasteiger partial charge in [-0.1, -0.05) is 11.6 Å². The molecule has 4 heterocycles. The first-order valence-electron chi connectivity index (χ1n) is 9.03. The van der Waals surface area contributed by atoms with Gasteiger partial charge in [0, 0.05) is 19.3 Å². The third-order valence-corrected chi connectivity index (χ3v) is 5.26. The van der Waals surface area contributed by atoms with Crippen molar-refractivity contribution in [2.75, 3.05) is 26.3 Å². The molecule has 0 unspecified atom stereocenters. The molecule has 2 amide bonds. The van der Waals surface area contributed by atoms with Crippen LogP contribution in [0.1, 0.15) is 16.1 Å². The van der Waals surface area contributed by atoms with Crippen molar-refractivity contribution in [3.63, 3.8) is 0 Å². The molecular weight excluding hydrogens is 388 g/mol. The largest absolute Gasteiger partial charge is 0.472 e. The van der Waals surface area contributed by atoms with Gasteiger partial charge in [0.05, 0.1) is 41.8 Å². The van der Waals surface area contributed by atoms with Gasteiger partial charge in [-0.2, -0.15) is 5.10 Å². The zero-order chi connectivity index (χ0) is 19.7. The minimum atomic E-state index is -0.258. The smallest absolute Gasteiger partial charge is 0.254 e. The lowest BCUT2D eigenvalue weighted by molar-refractivity contribution is -0.131. The fourth-order valence-electron chi connectivity index (χ4n) is 3.35. The van der Waals surface area contributed by atoms with Crippen molar-refractivity contribution >= 4 is 23.4 Å². The predicted octanol–water partition coefficient (Wildman–Crippen LogP) is 0.863. The number of hydrogen-bond acceptors (Lipinski definition) is 6. The molecule has 28 heavy (non-hydrogen) atoms. The van der Waals surface area contributed by atoms with E-state index < -0.39 is 0 Å². The number of rotatable bonds is 4. The molecule has 2 aliphatic rings. The predicted molar refractivity (Wildman–Crippen MR) is 98.0 cm³/mol. The van der Waals surface area contributed by atoms with Crippen molar-refractivity contribution < 1.29 is 23.5 Å². The Balaban J connectivity index is 1.29. The van der Waals surface area contributed by atoms with Gasteiger partial charge in [-0.25, -0.2) is 0 Å². The van der Waals surface area contributed by atoms with Gasteiger partial charge < -0.3 is 24.1 Å². The molecule has 2 saturated heterocycles. The minimum Gasteiger partial charge on any atom is -0.472 e. The molecule has 9 nitrogen and oxygen atoms in total. The van der Waals surface area contributed by atoms with Crippen LogP contribution in [0.2, 0.25) is 5.02 Å². The van der Waals surface area contributed by atoms with Gasteiger partial charge >= 0.3 is 0 Å². The zero-order valence-corrected chi connectivity index (χ0v) is 16.1. The van der Waals surface area contributed by atoms with Crippen molar-refractivity contribution in [2.45, 2.75) is 31.7 Å². The lowest BCUT2D eigenvalue weighted by Gasteiger charge is -2.19. The molecule has 0 radical (unpaired) electrons. The number of nitrogens with one attached hydrogen (secondary N) is 1. The van der Waals surface area contributed by atoms with Gasteiger partial charge in [0.15, 0.2) is 0 Å². The number of furan rings is 1. The van der Waals surface area contributed by atoms with Crippen LogP contribution in [0, 0.1) is 6.92 Å². The number of hydrogen-bond donors (Lipinski definition) is 1. The van der Waals surface area contributed by atoms with Gasteiger partial charge in [0.25, 0.3) is 5.91 Å². The average molecular weight is 409 g/mol. The number of aryl methyl sites for hydroxylation is 1. The second-order valence-corrected chi connectivity index (χ2v) is 7.39. The molecule has 0 aliphatic carbocycles. The van der Waals surface area contributed by atoms with Crippen LogP contribution in [0.15, 0.2) is 29.2 Å². The van der Waals surface area contributed by atoms with Gasteiger partial charge in [-0.05, 0) is 13.0 Å². The Morgan fingerprint density at radius 3 is 2.57 bits per heavy atom. The van der Waals surface area contributed by atoms with E-state index in [2.05, 4.69) is 10.4 Å². The topological polar surface area (TPSA) is 98.8 Å². The van der Waals surface area contributed by atoms with Crippen LogP contribution >= 0.6 is 11.6 Å². The second kappa shape index (κ2) is 7.94. The van der Waals surface area contributed by atoms with E-state index in [4.69, 9.17) is 25.5 Å². The molecule has 2 aromatic heterocycles. The molecule has 0 spiro atoms. The standard InChI is InChI=1S/C18H21ClN4O5/c1-11-14(19)4-23(21-11)7-17(24)22-5-15-16(6-22)28-10-13(9-27-15)20-18(25)12-2-3-26-8-12/h2-4,8,13,15-16H,5-7,9-10H2,1H3,(H,20,25)/t15-,16-/m0/s1. The molecule has 2 atom stereocenters. The third kappa shape index (κ3) is 4.06. The Bertz CT molecular complexity index is 817. The number of fused-ring (bicyclic) bond motifs is 1. The number of aromatic nitrogens is 2. The van der Waals surface area contributed by atoms with Crippen LogP contribution in [-0.2, 0) is 20.8 Å². The maximum absolute atomic E-state index is 12.6. The van der Waals surface area contributed by atoms with Crippen molar-refractivity contribution in [1.29, 1.82) is 0 Å². The summed E-state index contributed by atoms with van der Waals surface area (Å²) in [5.41, 5.74) is 1.14. The van der Waals surface area contributed by atoms with Crippen LogP contribution in [0.25, 0.3) is 0 Å². The zero-order valence-electron chi connectivity index (χ0n) is 15.3. The molecule has 0 aromatic carbocycles.